The lowest BCUT2D eigenvalue weighted by molar-refractivity contribution is 0.437. The second-order valence-corrected chi connectivity index (χ2v) is 12.5. The molecule has 0 aliphatic carbocycles. The molecule has 4 nitrogen and oxygen atoms in total. The van der Waals surface area contributed by atoms with E-state index >= 15 is 0 Å². The van der Waals surface area contributed by atoms with Crippen LogP contribution in [0.1, 0.15) is 52.7 Å². The second kappa shape index (κ2) is 9.63. The normalized spacial score (nSPS) is 12.2. The van der Waals surface area contributed by atoms with Crippen LogP contribution in [0.25, 0.3) is 38.8 Å². The van der Waals surface area contributed by atoms with Crippen molar-refractivity contribution < 1.29 is 4.74 Å². The predicted octanol–water partition coefficient (Wildman–Crippen LogP) is 9.63. The van der Waals surface area contributed by atoms with Gasteiger partial charge in [0.05, 0.1) is 11.0 Å². The number of nitrogens with zero attached hydrogens (tertiary/aromatic N) is 3. The minimum atomic E-state index is -0.0714. The fourth-order valence-electron chi connectivity index (χ4n) is 5.30. The van der Waals surface area contributed by atoms with Gasteiger partial charge in [0, 0.05) is 28.7 Å². The van der Waals surface area contributed by atoms with Crippen molar-refractivity contribution >= 4 is 21.8 Å². The molecule has 0 atom stereocenters. The summed E-state index contributed by atoms with van der Waals surface area (Å²) in [6, 6.07) is 31.9. The zero-order valence-electron chi connectivity index (χ0n) is 24.1. The maximum absolute atomic E-state index is 6.35. The van der Waals surface area contributed by atoms with Crippen LogP contribution in [0.2, 0.25) is 0 Å². The number of rotatable bonds is 4. The molecular formula is C36H35N3O. The highest BCUT2D eigenvalue weighted by Gasteiger charge is 2.21. The number of benzene rings is 3. The minimum Gasteiger partial charge on any atom is -0.439 e. The van der Waals surface area contributed by atoms with E-state index in [1.807, 2.05) is 24.4 Å². The highest BCUT2D eigenvalue weighted by molar-refractivity contribution is 6.10. The summed E-state index contributed by atoms with van der Waals surface area (Å²) >= 11 is 0. The highest BCUT2D eigenvalue weighted by Crippen LogP contribution is 2.37. The number of pyridine rings is 2. The van der Waals surface area contributed by atoms with E-state index in [4.69, 9.17) is 9.72 Å². The molecule has 200 valence electrons. The van der Waals surface area contributed by atoms with Gasteiger partial charge in [-0.1, -0.05) is 90.1 Å². The Balaban J connectivity index is 1.47. The van der Waals surface area contributed by atoms with Crippen LogP contribution in [0.15, 0.2) is 103 Å². The van der Waals surface area contributed by atoms with Crippen molar-refractivity contribution in [3.63, 3.8) is 0 Å². The number of para-hydroxylation sites is 1. The van der Waals surface area contributed by atoms with Crippen molar-refractivity contribution in [2.24, 2.45) is 0 Å². The Hall–Kier alpha value is -4.44. The largest absolute Gasteiger partial charge is 0.439 e. The molecule has 0 bridgehead atoms. The van der Waals surface area contributed by atoms with Crippen LogP contribution < -0.4 is 4.74 Å². The first kappa shape index (κ1) is 25.8. The topological polar surface area (TPSA) is 39.9 Å². The van der Waals surface area contributed by atoms with Crippen molar-refractivity contribution in [1.82, 2.24) is 14.5 Å². The minimum absolute atomic E-state index is 0.0303. The van der Waals surface area contributed by atoms with Gasteiger partial charge in [-0.15, -0.1) is 0 Å². The smallest absolute Gasteiger partial charge is 0.222 e. The van der Waals surface area contributed by atoms with Crippen LogP contribution in [0, 0.1) is 0 Å². The Labute approximate surface area is 236 Å². The maximum Gasteiger partial charge on any atom is 0.222 e. The Morgan fingerprint density at radius 2 is 1.38 bits per heavy atom. The number of ether oxygens (including phenoxy) is 1. The number of hydrogen-bond donors (Lipinski definition) is 0. The van der Waals surface area contributed by atoms with Crippen LogP contribution in [-0.4, -0.2) is 14.5 Å². The van der Waals surface area contributed by atoms with Crippen LogP contribution >= 0.6 is 0 Å². The number of fused-ring (bicyclic) bond motifs is 3. The molecule has 0 saturated heterocycles. The Kier molecular flexibility index (Phi) is 6.22. The van der Waals surface area contributed by atoms with E-state index in [-0.39, 0.29) is 10.8 Å². The molecule has 4 heteroatoms. The van der Waals surface area contributed by atoms with Crippen molar-refractivity contribution in [2.75, 3.05) is 0 Å². The van der Waals surface area contributed by atoms with E-state index < -0.39 is 0 Å². The van der Waals surface area contributed by atoms with Gasteiger partial charge in [0.1, 0.15) is 11.6 Å². The van der Waals surface area contributed by atoms with E-state index in [9.17, 15) is 0 Å². The second-order valence-electron chi connectivity index (χ2n) is 12.5. The predicted molar refractivity (Wildman–Crippen MR) is 166 cm³/mol. The average molecular weight is 526 g/mol. The summed E-state index contributed by atoms with van der Waals surface area (Å²) in [5, 5.41) is 2.42. The van der Waals surface area contributed by atoms with Crippen LogP contribution in [0.5, 0.6) is 11.6 Å². The van der Waals surface area contributed by atoms with Gasteiger partial charge in [-0.3, -0.25) is 4.57 Å². The molecule has 3 aromatic carbocycles. The van der Waals surface area contributed by atoms with Crippen LogP contribution in [-0.2, 0) is 10.8 Å². The first-order valence-corrected chi connectivity index (χ1v) is 13.8. The molecule has 0 saturated carbocycles. The Morgan fingerprint density at radius 1 is 0.600 bits per heavy atom. The van der Waals surface area contributed by atoms with Crippen molar-refractivity contribution in [3.05, 3.63) is 115 Å². The van der Waals surface area contributed by atoms with E-state index in [1.165, 1.54) is 16.3 Å². The van der Waals surface area contributed by atoms with Gasteiger partial charge in [0.25, 0.3) is 0 Å². The lowest BCUT2D eigenvalue weighted by atomic mass is 9.88. The SMILES string of the molecule is CC(C)(C)c1ccnc(-n2c3ccccc3c3ccc(-c4cccc(Oc5ncccc5C(C)(C)C)c4)cc32)c1. The third kappa shape index (κ3) is 4.75. The molecule has 0 aliphatic rings. The molecule has 0 N–H and O–H groups in total. The summed E-state index contributed by atoms with van der Waals surface area (Å²) in [4.78, 5) is 9.37. The van der Waals surface area contributed by atoms with Gasteiger partial charge in [0.2, 0.25) is 5.88 Å². The van der Waals surface area contributed by atoms with Crippen molar-refractivity contribution in [1.29, 1.82) is 0 Å². The van der Waals surface area contributed by atoms with Gasteiger partial charge in [-0.2, -0.15) is 0 Å². The van der Waals surface area contributed by atoms with Gasteiger partial charge >= 0.3 is 0 Å². The lowest BCUT2D eigenvalue weighted by Gasteiger charge is -2.21. The van der Waals surface area contributed by atoms with Crippen LogP contribution in [0.3, 0.4) is 0 Å². The third-order valence-electron chi connectivity index (χ3n) is 7.48. The molecule has 6 aromatic rings. The van der Waals surface area contributed by atoms with E-state index in [0.29, 0.717) is 5.88 Å². The fraction of sp³-hybridized carbons (Fsp3) is 0.222. The summed E-state index contributed by atoms with van der Waals surface area (Å²) in [6.45, 7) is 13.2. The molecule has 0 fully saturated rings. The van der Waals surface area contributed by atoms with E-state index in [2.05, 4.69) is 124 Å². The quantitative estimate of drug-likeness (QED) is 0.230. The highest BCUT2D eigenvalue weighted by atomic mass is 16.5. The number of aromatic nitrogens is 3. The molecular weight excluding hydrogens is 490 g/mol. The van der Waals surface area contributed by atoms with E-state index in [0.717, 1.165) is 39.3 Å². The Morgan fingerprint density at radius 3 is 2.17 bits per heavy atom. The maximum atomic E-state index is 6.35. The Bertz CT molecular complexity index is 1850. The monoisotopic (exact) mass is 525 g/mol. The summed E-state index contributed by atoms with van der Waals surface area (Å²) < 4.78 is 8.63. The van der Waals surface area contributed by atoms with Crippen LogP contribution in [0.4, 0.5) is 0 Å². The molecule has 6 rings (SSSR count). The molecule has 0 amide bonds. The molecule has 40 heavy (non-hydrogen) atoms. The molecule has 3 heterocycles. The van der Waals surface area contributed by atoms with Gasteiger partial charge in [-0.25, -0.2) is 9.97 Å². The molecule has 0 radical (unpaired) electrons. The van der Waals surface area contributed by atoms with E-state index in [1.54, 1.807) is 6.20 Å². The summed E-state index contributed by atoms with van der Waals surface area (Å²) in [7, 11) is 0. The fourth-order valence-corrected chi connectivity index (χ4v) is 5.30. The van der Waals surface area contributed by atoms with Crippen molar-refractivity contribution in [3.8, 4) is 28.6 Å². The third-order valence-corrected chi connectivity index (χ3v) is 7.48. The molecule has 0 spiro atoms. The molecule has 0 unspecified atom stereocenters. The standard InChI is InChI=1S/C36H35N3O/c1-35(2,3)26-18-20-37-33(23-26)39-31-15-8-7-13-28(31)29-17-16-25(22-32(29)39)24-11-9-12-27(21-24)40-34-30(36(4,5)6)14-10-19-38-34/h7-23H,1-6H3. The first-order valence-electron chi connectivity index (χ1n) is 13.8. The molecule has 0 aliphatic heterocycles. The summed E-state index contributed by atoms with van der Waals surface area (Å²) in [5.74, 6) is 2.34. The zero-order chi connectivity index (χ0) is 28.1. The summed E-state index contributed by atoms with van der Waals surface area (Å²) in [6.07, 6.45) is 3.70. The zero-order valence-corrected chi connectivity index (χ0v) is 24.1. The lowest BCUT2D eigenvalue weighted by Crippen LogP contribution is -2.13. The summed E-state index contributed by atoms with van der Waals surface area (Å²) in [5.41, 5.74) is 6.77. The van der Waals surface area contributed by atoms with Gasteiger partial charge in [-0.05, 0) is 70.0 Å². The first-order chi connectivity index (χ1) is 19.1. The number of hydrogen-bond acceptors (Lipinski definition) is 3. The average Bonchev–Trinajstić information content (AvgIpc) is 3.26. The van der Waals surface area contributed by atoms with Crippen molar-refractivity contribution in [2.45, 2.75) is 52.4 Å². The van der Waals surface area contributed by atoms with Gasteiger partial charge in [0.15, 0.2) is 0 Å². The van der Waals surface area contributed by atoms with Gasteiger partial charge < -0.3 is 4.74 Å². The molecule has 3 aromatic heterocycles.